The summed E-state index contributed by atoms with van der Waals surface area (Å²) in [6, 6.07) is 0.284. The van der Waals surface area contributed by atoms with Crippen LogP contribution >= 0.6 is 0 Å². The van der Waals surface area contributed by atoms with Crippen LogP contribution in [0.15, 0.2) is 23.8 Å². The third-order valence-electron chi connectivity index (χ3n) is 7.07. The summed E-state index contributed by atoms with van der Waals surface area (Å²) in [6.07, 6.45) is 12.3. The minimum absolute atomic E-state index is 0.128. The van der Waals surface area contributed by atoms with Crippen molar-refractivity contribution >= 4 is 6.09 Å². The summed E-state index contributed by atoms with van der Waals surface area (Å²) in [4.78, 5) is 12.4. The minimum Gasteiger partial charge on any atom is -0.449 e. The van der Waals surface area contributed by atoms with Crippen molar-refractivity contribution in [3.63, 3.8) is 0 Å². The maximum atomic E-state index is 12.4. The van der Waals surface area contributed by atoms with Gasteiger partial charge in [0.05, 0.1) is 12.7 Å². The molecule has 26 heavy (non-hydrogen) atoms. The lowest BCUT2D eigenvalue weighted by Crippen LogP contribution is -2.56. The van der Waals surface area contributed by atoms with E-state index in [1.54, 1.807) is 0 Å². The topological polar surface area (TPSA) is 47.6 Å². The summed E-state index contributed by atoms with van der Waals surface area (Å²) >= 11 is 0. The molecule has 146 valence electrons. The molecule has 0 aromatic carbocycles. The molecule has 1 N–H and O–H groups in total. The number of ether oxygens (including phenoxy) is 2. The zero-order valence-corrected chi connectivity index (χ0v) is 16.8. The van der Waals surface area contributed by atoms with Gasteiger partial charge in [-0.05, 0) is 38.5 Å². The molecule has 2 bridgehead atoms. The van der Waals surface area contributed by atoms with Gasteiger partial charge in [0.25, 0.3) is 0 Å². The van der Waals surface area contributed by atoms with Crippen LogP contribution in [0.3, 0.4) is 0 Å². The highest BCUT2D eigenvalue weighted by Crippen LogP contribution is 2.52. The van der Waals surface area contributed by atoms with Gasteiger partial charge in [-0.3, -0.25) is 0 Å². The monoisotopic (exact) mass is 361 g/mol. The smallest absolute Gasteiger partial charge is 0.407 e. The third kappa shape index (κ3) is 3.71. The van der Waals surface area contributed by atoms with Crippen molar-refractivity contribution in [2.75, 3.05) is 13.2 Å². The Morgan fingerprint density at radius 2 is 2.08 bits per heavy atom. The number of allylic oxidation sites excluding steroid dienone is 2. The molecule has 2 aliphatic carbocycles. The first kappa shape index (κ1) is 19.5. The van der Waals surface area contributed by atoms with Gasteiger partial charge in [-0.2, -0.15) is 0 Å². The molecule has 0 aromatic heterocycles. The lowest BCUT2D eigenvalue weighted by atomic mass is 9.56. The van der Waals surface area contributed by atoms with Gasteiger partial charge in [0.15, 0.2) is 0 Å². The van der Waals surface area contributed by atoms with Crippen LogP contribution < -0.4 is 5.32 Å². The van der Waals surface area contributed by atoms with Gasteiger partial charge >= 0.3 is 6.09 Å². The molecule has 1 heterocycles. The maximum absolute atomic E-state index is 12.4. The largest absolute Gasteiger partial charge is 0.449 e. The molecule has 1 saturated carbocycles. The van der Waals surface area contributed by atoms with Gasteiger partial charge in [-0.1, -0.05) is 56.9 Å². The van der Waals surface area contributed by atoms with Crippen LogP contribution in [0.4, 0.5) is 4.79 Å². The van der Waals surface area contributed by atoms with Gasteiger partial charge in [0.1, 0.15) is 6.61 Å². The average molecular weight is 362 g/mol. The number of hydrogen-bond acceptors (Lipinski definition) is 3. The highest BCUT2D eigenvalue weighted by Gasteiger charge is 2.53. The predicted molar refractivity (Wildman–Crippen MR) is 104 cm³/mol. The summed E-state index contributed by atoms with van der Waals surface area (Å²) in [5, 5.41) is 3.07. The van der Waals surface area contributed by atoms with E-state index in [1.807, 2.05) is 6.92 Å². The molecule has 4 nitrogen and oxygen atoms in total. The number of nitrogens with one attached hydrogen (secondary N) is 1. The molecule has 5 atom stereocenters. The highest BCUT2D eigenvalue weighted by atomic mass is 16.6. The van der Waals surface area contributed by atoms with E-state index in [2.05, 4.69) is 44.3 Å². The number of amides is 1. The zero-order valence-electron chi connectivity index (χ0n) is 16.8. The third-order valence-corrected chi connectivity index (χ3v) is 7.07. The minimum atomic E-state index is -0.260. The van der Waals surface area contributed by atoms with E-state index in [0.29, 0.717) is 31.0 Å². The predicted octanol–water partition coefficient (Wildman–Crippen LogP) is 4.85. The van der Waals surface area contributed by atoms with Gasteiger partial charge in [-0.25, -0.2) is 4.79 Å². The van der Waals surface area contributed by atoms with Crippen LogP contribution in [0.2, 0.25) is 0 Å². The number of fused-ring (bicyclic) bond motifs is 2. The first-order valence-corrected chi connectivity index (χ1v) is 10.3. The number of alkyl carbamates (subject to hydrolysis) is 1. The quantitative estimate of drug-likeness (QED) is 0.728. The fraction of sp³-hybridized carbons (Fsp3) is 0.773. The van der Waals surface area contributed by atoms with Crippen molar-refractivity contribution in [1.29, 1.82) is 0 Å². The normalized spacial score (nSPS) is 38.1. The van der Waals surface area contributed by atoms with Crippen LogP contribution in [0.5, 0.6) is 0 Å². The molecule has 3 aliphatic rings. The molecular weight excluding hydrogens is 326 g/mol. The van der Waals surface area contributed by atoms with Crippen LogP contribution in [-0.2, 0) is 9.47 Å². The summed E-state index contributed by atoms with van der Waals surface area (Å²) in [5.41, 5.74) is 1.27. The van der Waals surface area contributed by atoms with E-state index in [0.717, 1.165) is 12.8 Å². The molecular formula is C22H35NO3. The highest BCUT2D eigenvalue weighted by molar-refractivity contribution is 5.67. The Hall–Kier alpha value is -1.29. The summed E-state index contributed by atoms with van der Waals surface area (Å²) < 4.78 is 12.0. The van der Waals surface area contributed by atoms with Crippen molar-refractivity contribution in [2.24, 2.45) is 23.2 Å². The van der Waals surface area contributed by atoms with Crippen LogP contribution in [0.1, 0.15) is 59.8 Å². The van der Waals surface area contributed by atoms with E-state index in [4.69, 9.17) is 9.47 Å². The van der Waals surface area contributed by atoms with E-state index in [-0.39, 0.29) is 23.7 Å². The first-order chi connectivity index (χ1) is 12.5. The van der Waals surface area contributed by atoms with Gasteiger partial charge in [-0.15, -0.1) is 0 Å². The van der Waals surface area contributed by atoms with Gasteiger partial charge in [0, 0.05) is 17.4 Å². The number of carbonyl (C=O) groups is 1. The molecule has 3 rings (SSSR count). The Bertz CT molecular complexity index is 564. The number of carbonyl (C=O) groups excluding carboxylic acids is 1. The Labute approximate surface area is 158 Å². The van der Waals surface area contributed by atoms with Crippen molar-refractivity contribution in [2.45, 2.75) is 71.9 Å². The number of hydrogen-bond donors (Lipinski definition) is 1. The van der Waals surface area contributed by atoms with E-state index >= 15 is 0 Å². The SMILES string of the molecule is C/C=C/[C@@H]1OC[C@@]2(COC(=O)NC3CCCCC3)[C@@H](C)C=C(C)[C@H]1[C@@H]2C. The Morgan fingerprint density at radius 1 is 1.35 bits per heavy atom. The van der Waals surface area contributed by atoms with E-state index < -0.39 is 0 Å². The fourth-order valence-electron chi connectivity index (χ4n) is 5.32. The standard InChI is InChI=1S/C22H35NO3/c1-5-9-19-20-15(2)12-16(3)22(13-25-19,17(20)4)14-26-21(24)23-18-10-7-6-8-11-18/h5,9,12,16-20H,6-8,10-11,13-14H2,1-4H3,(H,23,24)/b9-5+/t16-,17-,19-,20-,22+/m0/s1. The molecule has 1 saturated heterocycles. The van der Waals surface area contributed by atoms with Crippen LogP contribution in [0, 0.1) is 23.2 Å². The van der Waals surface area contributed by atoms with Crippen molar-refractivity contribution in [3.05, 3.63) is 23.8 Å². The molecule has 1 aliphatic heterocycles. The van der Waals surface area contributed by atoms with Crippen molar-refractivity contribution in [1.82, 2.24) is 5.32 Å². The summed E-state index contributed by atoms with van der Waals surface area (Å²) in [7, 11) is 0. The zero-order chi connectivity index (χ0) is 18.7. The lowest BCUT2D eigenvalue weighted by molar-refractivity contribution is -0.149. The van der Waals surface area contributed by atoms with Crippen molar-refractivity contribution in [3.8, 4) is 0 Å². The second-order valence-corrected chi connectivity index (χ2v) is 8.60. The molecule has 0 aromatic rings. The molecule has 0 radical (unpaired) electrons. The molecule has 0 unspecified atom stereocenters. The van der Waals surface area contributed by atoms with Crippen molar-refractivity contribution < 1.29 is 14.3 Å². The summed E-state index contributed by atoms with van der Waals surface area (Å²) in [5.74, 6) is 1.11. The van der Waals surface area contributed by atoms with Gasteiger partial charge < -0.3 is 14.8 Å². The lowest BCUT2D eigenvalue weighted by Gasteiger charge is -2.54. The molecule has 2 fully saturated rings. The molecule has 4 heteroatoms. The van der Waals surface area contributed by atoms with Crippen LogP contribution in [-0.4, -0.2) is 31.5 Å². The fourth-order valence-corrected chi connectivity index (χ4v) is 5.32. The number of rotatable bonds is 4. The van der Waals surface area contributed by atoms with E-state index in [9.17, 15) is 4.79 Å². The Balaban J connectivity index is 1.66. The van der Waals surface area contributed by atoms with Crippen LogP contribution in [0.25, 0.3) is 0 Å². The second-order valence-electron chi connectivity index (χ2n) is 8.60. The molecule has 0 spiro atoms. The first-order valence-electron chi connectivity index (χ1n) is 10.3. The summed E-state index contributed by atoms with van der Waals surface area (Å²) in [6.45, 7) is 9.86. The average Bonchev–Trinajstić information content (AvgIpc) is 2.61. The second kappa shape index (κ2) is 8.16. The van der Waals surface area contributed by atoms with E-state index in [1.165, 1.54) is 24.8 Å². The Morgan fingerprint density at radius 3 is 2.77 bits per heavy atom. The Kier molecular flexibility index (Phi) is 6.11. The van der Waals surface area contributed by atoms with Gasteiger partial charge in [0.2, 0.25) is 0 Å². The molecule has 1 amide bonds. The maximum Gasteiger partial charge on any atom is 0.407 e.